The number of hydrogen-bond donors (Lipinski definition) is 0. The van der Waals surface area contributed by atoms with Gasteiger partial charge in [-0.2, -0.15) is 0 Å². The Hall–Kier alpha value is -3.34. The molecule has 1 saturated carbocycles. The Kier molecular flexibility index (Phi) is 4.33. The molecule has 0 spiro atoms. The molecule has 1 fully saturated rings. The summed E-state index contributed by atoms with van der Waals surface area (Å²) < 4.78 is 4.80. The molecule has 5 heteroatoms. The second-order valence-corrected chi connectivity index (χ2v) is 9.29. The topological polar surface area (TPSA) is 72.8 Å². The first-order valence-corrected chi connectivity index (χ1v) is 10.5. The number of carbonyl (C=O) groups is 3. The van der Waals surface area contributed by atoms with Crippen LogP contribution in [0.15, 0.2) is 59.1 Å². The molecule has 0 radical (unpaired) electrons. The average molecular weight is 413 g/mol. The average Bonchev–Trinajstić information content (AvgIpc) is 3.03. The van der Waals surface area contributed by atoms with Crippen LogP contribution in [0.4, 0.5) is 0 Å². The van der Waals surface area contributed by atoms with Crippen molar-refractivity contribution in [3.63, 3.8) is 0 Å². The van der Waals surface area contributed by atoms with E-state index in [1.54, 1.807) is 12.1 Å². The van der Waals surface area contributed by atoms with Gasteiger partial charge in [-0.3, -0.25) is 14.6 Å². The minimum atomic E-state index is -0.450. The third-order valence-corrected chi connectivity index (χ3v) is 6.54. The Balaban J connectivity index is 1.69. The van der Waals surface area contributed by atoms with Crippen molar-refractivity contribution in [2.24, 2.45) is 16.3 Å². The van der Waals surface area contributed by atoms with Gasteiger partial charge >= 0.3 is 5.97 Å². The maximum Gasteiger partial charge on any atom is 0.337 e. The summed E-state index contributed by atoms with van der Waals surface area (Å²) in [6.45, 7) is 4.17. The van der Waals surface area contributed by atoms with Gasteiger partial charge in [0.25, 0.3) is 0 Å². The summed E-state index contributed by atoms with van der Waals surface area (Å²) in [4.78, 5) is 43.6. The van der Waals surface area contributed by atoms with E-state index in [2.05, 4.69) is 13.8 Å². The number of nitrogens with zero attached hydrogens (tertiary/aromatic N) is 1. The van der Waals surface area contributed by atoms with E-state index in [-0.39, 0.29) is 17.0 Å². The monoisotopic (exact) mass is 413 g/mol. The minimum absolute atomic E-state index is 0.0620. The molecule has 0 bridgehead atoms. The van der Waals surface area contributed by atoms with Crippen molar-refractivity contribution in [3.8, 4) is 0 Å². The zero-order chi connectivity index (χ0) is 21.9. The van der Waals surface area contributed by atoms with Crippen LogP contribution in [0, 0.1) is 11.3 Å². The first kappa shape index (κ1) is 19.6. The van der Waals surface area contributed by atoms with E-state index in [9.17, 15) is 14.4 Å². The number of allylic oxidation sites excluding steroid dienone is 1. The Labute approximate surface area is 180 Å². The predicted molar refractivity (Wildman–Crippen MR) is 117 cm³/mol. The minimum Gasteiger partial charge on any atom is -0.465 e. The molecular weight excluding hydrogens is 390 g/mol. The molecule has 0 N–H and O–H groups in total. The number of hydrogen-bond acceptors (Lipinski definition) is 5. The van der Waals surface area contributed by atoms with Gasteiger partial charge in [-0.1, -0.05) is 50.2 Å². The van der Waals surface area contributed by atoms with Gasteiger partial charge in [0.05, 0.1) is 24.3 Å². The highest BCUT2D eigenvalue weighted by Gasteiger charge is 2.49. The standard InChI is InChI=1S/C26H23NO4/c1-26(2)12-18-21(19(28)13-26)20(14-8-10-15(11-9-14)25(30)31-3)22-23(27-18)16-6-4-5-7-17(16)24(22)29/h4-11,20-21H,12-13H2,1-3H3/t20-,21?/m1/s1. The van der Waals surface area contributed by atoms with Gasteiger partial charge in [0.15, 0.2) is 5.78 Å². The van der Waals surface area contributed by atoms with Gasteiger partial charge in [-0.05, 0) is 29.5 Å². The van der Waals surface area contributed by atoms with Crippen LogP contribution in [0.5, 0.6) is 0 Å². The lowest BCUT2D eigenvalue weighted by atomic mass is 9.63. The number of ether oxygens (including phenoxy) is 1. The van der Waals surface area contributed by atoms with Crippen molar-refractivity contribution in [1.82, 2.24) is 0 Å². The van der Waals surface area contributed by atoms with E-state index in [1.807, 2.05) is 36.4 Å². The van der Waals surface area contributed by atoms with Crippen LogP contribution < -0.4 is 0 Å². The van der Waals surface area contributed by atoms with Gasteiger partial charge in [-0.15, -0.1) is 0 Å². The molecule has 5 nitrogen and oxygen atoms in total. The number of benzene rings is 2. The summed E-state index contributed by atoms with van der Waals surface area (Å²) in [6, 6.07) is 14.5. The molecule has 1 heterocycles. The summed E-state index contributed by atoms with van der Waals surface area (Å²) in [6.07, 6.45) is 1.17. The number of rotatable bonds is 2. The maximum atomic E-state index is 13.4. The van der Waals surface area contributed by atoms with Crippen LogP contribution in [-0.4, -0.2) is 30.4 Å². The zero-order valence-electron chi connectivity index (χ0n) is 17.8. The van der Waals surface area contributed by atoms with Gasteiger partial charge < -0.3 is 4.74 Å². The van der Waals surface area contributed by atoms with E-state index in [1.165, 1.54) is 7.11 Å². The number of fused-ring (bicyclic) bond motifs is 3. The molecule has 2 atom stereocenters. The van der Waals surface area contributed by atoms with E-state index in [4.69, 9.17) is 9.73 Å². The quantitative estimate of drug-likeness (QED) is 0.673. The largest absolute Gasteiger partial charge is 0.465 e. The fraction of sp³-hybridized carbons (Fsp3) is 0.308. The van der Waals surface area contributed by atoms with Crippen LogP contribution in [0.2, 0.25) is 0 Å². The molecule has 31 heavy (non-hydrogen) atoms. The fourth-order valence-electron chi connectivity index (χ4n) is 5.23. The van der Waals surface area contributed by atoms with Crippen molar-refractivity contribution >= 4 is 28.9 Å². The molecule has 2 aromatic rings. The van der Waals surface area contributed by atoms with Crippen molar-refractivity contribution in [2.75, 3.05) is 7.11 Å². The van der Waals surface area contributed by atoms with Crippen LogP contribution in [-0.2, 0) is 9.53 Å². The molecule has 5 rings (SSSR count). The summed E-state index contributed by atoms with van der Waals surface area (Å²) in [5, 5.41) is 0. The molecule has 0 aromatic heterocycles. The number of aliphatic imine (C=N–C) groups is 1. The summed E-state index contributed by atoms with van der Waals surface area (Å²) >= 11 is 0. The highest BCUT2D eigenvalue weighted by atomic mass is 16.5. The number of ketones is 2. The third kappa shape index (κ3) is 2.99. The number of methoxy groups -OCH3 is 1. The highest BCUT2D eigenvalue weighted by molar-refractivity contribution is 6.25. The van der Waals surface area contributed by atoms with E-state index in [0.29, 0.717) is 35.2 Å². The third-order valence-electron chi connectivity index (χ3n) is 6.54. The van der Waals surface area contributed by atoms with Crippen LogP contribution >= 0.6 is 0 Å². The van der Waals surface area contributed by atoms with Crippen molar-refractivity contribution < 1.29 is 19.1 Å². The Morgan fingerprint density at radius 1 is 0.968 bits per heavy atom. The second-order valence-electron chi connectivity index (χ2n) is 9.29. The maximum absolute atomic E-state index is 13.4. The smallest absolute Gasteiger partial charge is 0.337 e. The normalized spacial score (nSPS) is 23.6. The van der Waals surface area contributed by atoms with Gasteiger partial charge in [0.1, 0.15) is 5.78 Å². The van der Waals surface area contributed by atoms with Gasteiger partial charge in [0, 0.05) is 34.8 Å². The number of carbonyl (C=O) groups excluding carboxylic acids is 3. The predicted octanol–water partition coefficient (Wildman–Crippen LogP) is 4.62. The molecule has 1 aliphatic heterocycles. The zero-order valence-corrected chi connectivity index (χ0v) is 17.8. The Morgan fingerprint density at radius 3 is 2.32 bits per heavy atom. The highest BCUT2D eigenvalue weighted by Crippen LogP contribution is 2.51. The molecule has 1 unspecified atom stereocenters. The lowest BCUT2D eigenvalue weighted by molar-refractivity contribution is -0.124. The Morgan fingerprint density at radius 2 is 1.65 bits per heavy atom. The fourth-order valence-corrected chi connectivity index (χ4v) is 5.23. The first-order valence-electron chi connectivity index (χ1n) is 10.5. The van der Waals surface area contributed by atoms with Crippen LogP contribution in [0.25, 0.3) is 5.70 Å². The second kappa shape index (κ2) is 6.84. The molecular formula is C26H23NO4. The summed E-state index contributed by atoms with van der Waals surface area (Å²) in [5.74, 6) is -1.22. The number of Topliss-reactive ketones (excluding diaryl/α,β-unsaturated/α-hetero) is 2. The first-order chi connectivity index (χ1) is 14.8. The molecule has 2 aromatic carbocycles. The molecule has 2 aliphatic carbocycles. The summed E-state index contributed by atoms with van der Waals surface area (Å²) in [5.41, 5.74) is 4.72. The van der Waals surface area contributed by atoms with E-state index >= 15 is 0 Å². The Bertz CT molecular complexity index is 1200. The summed E-state index contributed by atoms with van der Waals surface area (Å²) in [7, 11) is 1.34. The van der Waals surface area contributed by atoms with Crippen molar-refractivity contribution in [1.29, 1.82) is 0 Å². The molecule has 3 aliphatic rings. The number of esters is 1. The van der Waals surface area contributed by atoms with Crippen LogP contribution in [0.3, 0.4) is 0 Å². The van der Waals surface area contributed by atoms with Crippen LogP contribution in [0.1, 0.15) is 64.4 Å². The van der Waals surface area contributed by atoms with Gasteiger partial charge in [-0.25, -0.2) is 4.79 Å². The SMILES string of the molecule is COC(=O)c1ccc([C@H]2C3=C(N=C4CC(C)(C)CC(=O)C42)c2ccccc2C3=O)cc1. The van der Waals surface area contributed by atoms with Gasteiger partial charge in [0.2, 0.25) is 0 Å². The molecule has 156 valence electrons. The lowest BCUT2D eigenvalue weighted by Crippen LogP contribution is -2.43. The van der Waals surface area contributed by atoms with E-state index < -0.39 is 17.8 Å². The molecule has 0 saturated heterocycles. The lowest BCUT2D eigenvalue weighted by Gasteiger charge is -2.40. The molecule has 0 amide bonds. The van der Waals surface area contributed by atoms with Crippen molar-refractivity contribution in [2.45, 2.75) is 32.6 Å². The van der Waals surface area contributed by atoms with E-state index in [0.717, 1.165) is 16.8 Å². The van der Waals surface area contributed by atoms with Crippen molar-refractivity contribution in [3.05, 3.63) is 76.4 Å².